The highest BCUT2D eigenvalue weighted by Crippen LogP contribution is 2.22. The maximum Gasteiger partial charge on any atom is 0.407 e. The van der Waals surface area contributed by atoms with Gasteiger partial charge in [-0.05, 0) is 5.56 Å². The molecule has 0 aliphatic carbocycles. The van der Waals surface area contributed by atoms with Crippen molar-refractivity contribution in [1.82, 2.24) is 10.6 Å². The number of carbonyl (C=O) groups is 2. The summed E-state index contributed by atoms with van der Waals surface area (Å²) in [4.78, 5) is 22.3. The van der Waals surface area contributed by atoms with Crippen LogP contribution < -0.4 is 10.6 Å². The van der Waals surface area contributed by atoms with E-state index < -0.39 is 6.09 Å². The molecule has 0 radical (unpaired) electrons. The van der Waals surface area contributed by atoms with Crippen LogP contribution in [0.15, 0.2) is 30.3 Å². The summed E-state index contributed by atoms with van der Waals surface area (Å²) in [5, 5.41) is 4.91. The standard InChI is InChI=1S/C16H22N2O5/c1-17-14(19)11-23-16(20)18-8-7-15-21-9-13(10-22-15)12-5-3-2-4-6-12/h2-6,13,15H,7-11H2,1H3,(H,17,19)(H,18,20)/t13-,15-. The number of alkyl carbamates (subject to hydrolysis) is 1. The van der Waals surface area contributed by atoms with Crippen LogP contribution in [0, 0.1) is 0 Å². The summed E-state index contributed by atoms with van der Waals surface area (Å²) in [6.07, 6.45) is -0.447. The second-order valence-electron chi connectivity index (χ2n) is 5.17. The molecule has 0 spiro atoms. The van der Waals surface area contributed by atoms with E-state index in [9.17, 15) is 9.59 Å². The lowest BCUT2D eigenvalue weighted by Crippen LogP contribution is -2.35. The van der Waals surface area contributed by atoms with E-state index in [0.29, 0.717) is 26.2 Å². The summed E-state index contributed by atoms with van der Waals surface area (Å²) in [5.74, 6) is -0.121. The zero-order valence-electron chi connectivity index (χ0n) is 13.1. The Bertz CT molecular complexity index is 500. The predicted molar refractivity (Wildman–Crippen MR) is 82.9 cm³/mol. The number of nitrogens with one attached hydrogen (secondary N) is 2. The summed E-state index contributed by atoms with van der Waals surface area (Å²) in [7, 11) is 1.48. The van der Waals surface area contributed by atoms with Crippen molar-refractivity contribution in [2.24, 2.45) is 0 Å². The average Bonchev–Trinajstić information content (AvgIpc) is 2.61. The van der Waals surface area contributed by atoms with Crippen molar-refractivity contribution < 1.29 is 23.8 Å². The normalized spacial score (nSPS) is 20.6. The minimum atomic E-state index is -0.633. The Labute approximate surface area is 135 Å². The van der Waals surface area contributed by atoms with E-state index >= 15 is 0 Å². The van der Waals surface area contributed by atoms with Crippen LogP contribution in [0.4, 0.5) is 4.79 Å². The van der Waals surface area contributed by atoms with Gasteiger partial charge >= 0.3 is 6.09 Å². The fourth-order valence-corrected chi connectivity index (χ4v) is 2.17. The van der Waals surface area contributed by atoms with Gasteiger partial charge in [0.15, 0.2) is 12.9 Å². The van der Waals surface area contributed by atoms with Crippen LogP contribution in [-0.4, -0.2) is 51.7 Å². The highest BCUT2D eigenvalue weighted by molar-refractivity contribution is 5.79. The Hall–Kier alpha value is -2.12. The predicted octanol–water partition coefficient (Wildman–Crippen LogP) is 1.01. The minimum absolute atomic E-state index is 0.234. The van der Waals surface area contributed by atoms with Gasteiger partial charge in [0, 0.05) is 25.9 Å². The van der Waals surface area contributed by atoms with Crippen molar-refractivity contribution in [1.29, 1.82) is 0 Å². The van der Waals surface area contributed by atoms with E-state index in [4.69, 9.17) is 14.2 Å². The van der Waals surface area contributed by atoms with Crippen molar-refractivity contribution in [3.63, 3.8) is 0 Å². The molecule has 2 N–H and O–H groups in total. The largest absolute Gasteiger partial charge is 0.439 e. The molecule has 2 rings (SSSR count). The van der Waals surface area contributed by atoms with Crippen LogP contribution in [0.2, 0.25) is 0 Å². The van der Waals surface area contributed by atoms with Crippen LogP contribution in [0.3, 0.4) is 0 Å². The van der Waals surface area contributed by atoms with Gasteiger partial charge in [-0.15, -0.1) is 0 Å². The molecule has 1 aromatic rings. The first-order chi connectivity index (χ1) is 11.2. The Morgan fingerprint density at radius 2 is 1.91 bits per heavy atom. The third-order valence-corrected chi connectivity index (χ3v) is 3.50. The van der Waals surface area contributed by atoms with E-state index in [1.165, 1.54) is 12.6 Å². The molecule has 1 saturated heterocycles. The molecule has 7 heteroatoms. The fourth-order valence-electron chi connectivity index (χ4n) is 2.17. The first kappa shape index (κ1) is 17.2. The Morgan fingerprint density at radius 3 is 2.57 bits per heavy atom. The Kier molecular flexibility index (Phi) is 6.83. The van der Waals surface area contributed by atoms with Crippen LogP contribution in [0.1, 0.15) is 17.9 Å². The van der Waals surface area contributed by atoms with Gasteiger partial charge in [-0.25, -0.2) is 4.79 Å². The first-order valence-electron chi connectivity index (χ1n) is 7.58. The lowest BCUT2D eigenvalue weighted by atomic mass is 10.0. The maximum absolute atomic E-state index is 11.3. The average molecular weight is 322 g/mol. The smallest absolute Gasteiger partial charge is 0.407 e. The summed E-state index contributed by atoms with van der Waals surface area (Å²) in [5.41, 5.74) is 1.20. The van der Waals surface area contributed by atoms with Crippen molar-refractivity contribution in [2.45, 2.75) is 18.6 Å². The molecule has 0 aromatic heterocycles. The van der Waals surface area contributed by atoms with E-state index in [1.807, 2.05) is 18.2 Å². The molecule has 2 amide bonds. The van der Waals surface area contributed by atoms with Crippen LogP contribution in [0.5, 0.6) is 0 Å². The number of likely N-dealkylation sites (N-methyl/N-ethyl adjacent to an activating group) is 1. The van der Waals surface area contributed by atoms with Gasteiger partial charge in [-0.3, -0.25) is 4.79 Å². The second kappa shape index (κ2) is 9.12. The van der Waals surface area contributed by atoms with Gasteiger partial charge < -0.3 is 24.8 Å². The van der Waals surface area contributed by atoms with Crippen LogP contribution in [-0.2, 0) is 19.0 Å². The summed E-state index contributed by atoms with van der Waals surface area (Å²) < 4.78 is 16.0. The third-order valence-electron chi connectivity index (χ3n) is 3.50. The van der Waals surface area contributed by atoms with Gasteiger partial charge in [0.1, 0.15) is 0 Å². The third kappa shape index (κ3) is 5.88. The first-order valence-corrected chi connectivity index (χ1v) is 7.58. The number of amides is 2. The minimum Gasteiger partial charge on any atom is -0.439 e. The summed E-state index contributed by atoms with van der Waals surface area (Å²) in [6.45, 7) is 1.25. The highest BCUT2D eigenvalue weighted by Gasteiger charge is 2.23. The van der Waals surface area contributed by atoms with Gasteiger partial charge in [-0.2, -0.15) is 0 Å². The van der Waals surface area contributed by atoms with Crippen molar-refractivity contribution in [3.8, 4) is 0 Å². The molecule has 7 nitrogen and oxygen atoms in total. The number of ether oxygens (including phenoxy) is 3. The molecule has 0 saturated carbocycles. The molecule has 23 heavy (non-hydrogen) atoms. The van der Waals surface area contributed by atoms with E-state index in [1.54, 1.807) is 0 Å². The van der Waals surface area contributed by atoms with Crippen molar-refractivity contribution >= 4 is 12.0 Å². The van der Waals surface area contributed by atoms with Gasteiger partial charge in [0.05, 0.1) is 13.2 Å². The maximum atomic E-state index is 11.3. The van der Waals surface area contributed by atoms with E-state index in [-0.39, 0.29) is 24.7 Å². The number of benzene rings is 1. The van der Waals surface area contributed by atoms with Crippen LogP contribution in [0.25, 0.3) is 0 Å². The summed E-state index contributed by atoms with van der Waals surface area (Å²) in [6, 6.07) is 10.1. The summed E-state index contributed by atoms with van der Waals surface area (Å²) >= 11 is 0. The van der Waals surface area contributed by atoms with Crippen molar-refractivity contribution in [3.05, 3.63) is 35.9 Å². The molecule has 0 bridgehead atoms. The molecule has 0 unspecified atom stereocenters. The molecule has 1 aromatic carbocycles. The van der Waals surface area contributed by atoms with Crippen molar-refractivity contribution in [2.75, 3.05) is 33.4 Å². The Morgan fingerprint density at radius 1 is 1.22 bits per heavy atom. The number of hydrogen-bond acceptors (Lipinski definition) is 5. The molecule has 1 aliphatic heterocycles. The lowest BCUT2D eigenvalue weighted by molar-refractivity contribution is -0.188. The highest BCUT2D eigenvalue weighted by atomic mass is 16.7. The van der Waals surface area contributed by atoms with Gasteiger partial charge in [-0.1, -0.05) is 30.3 Å². The van der Waals surface area contributed by atoms with E-state index in [0.717, 1.165) is 0 Å². The molecular formula is C16H22N2O5. The van der Waals surface area contributed by atoms with Crippen LogP contribution >= 0.6 is 0 Å². The SMILES string of the molecule is CNC(=O)COC(=O)NCC[C@H]1OC[C@H](c2ccccc2)CO1. The quantitative estimate of drug-likeness (QED) is 0.816. The molecule has 1 fully saturated rings. The van der Waals surface area contributed by atoms with Gasteiger partial charge in [0.25, 0.3) is 5.91 Å². The molecular weight excluding hydrogens is 300 g/mol. The Balaban J connectivity index is 1.60. The number of carbonyl (C=O) groups excluding carboxylic acids is 2. The second-order valence-corrected chi connectivity index (χ2v) is 5.17. The van der Waals surface area contributed by atoms with Gasteiger partial charge in [0.2, 0.25) is 0 Å². The molecule has 126 valence electrons. The zero-order chi connectivity index (χ0) is 16.5. The zero-order valence-corrected chi connectivity index (χ0v) is 13.1. The number of hydrogen-bond donors (Lipinski definition) is 2. The monoisotopic (exact) mass is 322 g/mol. The topological polar surface area (TPSA) is 85.9 Å². The lowest BCUT2D eigenvalue weighted by Gasteiger charge is -2.29. The fraction of sp³-hybridized carbons (Fsp3) is 0.500. The number of rotatable bonds is 6. The molecule has 1 aliphatic rings. The van der Waals surface area contributed by atoms with E-state index in [2.05, 4.69) is 22.8 Å². The molecule has 1 heterocycles. The molecule has 0 atom stereocenters.